The lowest BCUT2D eigenvalue weighted by Crippen LogP contribution is -2.60. The number of carbonyl (C=O) groups is 1. The van der Waals surface area contributed by atoms with Crippen molar-refractivity contribution in [2.75, 3.05) is 18.0 Å². The number of fused-ring (bicyclic) bond motifs is 1. The smallest absolute Gasteiger partial charge is 0.243 e. The van der Waals surface area contributed by atoms with Gasteiger partial charge < -0.3 is 14.8 Å². The molecule has 5 rings (SSSR count). The first kappa shape index (κ1) is 22.0. The summed E-state index contributed by atoms with van der Waals surface area (Å²) in [5.41, 5.74) is 2.01. The van der Waals surface area contributed by atoms with Crippen LogP contribution in [-0.2, 0) is 14.8 Å². The molecule has 33 heavy (non-hydrogen) atoms. The number of sulfonamides is 1. The molecule has 1 amide bonds. The summed E-state index contributed by atoms with van der Waals surface area (Å²) in [7, 11) is -3.48. The van der Waals surface area contributed by atoms with Crippen molar-refractivity contribution in [3.63, 3.8) is 0 Å². The maximum absolute atomic E-state index is 12.8. The molecule has 1 aliphatic carbocycles. The maximum atomic E-state index is 12.8. The first-order valence-corrected chi connectivity index (χ1v) is 13.1. The van der Waals surface area contributed by atoms with E-state index in [1.807, 2.05) is 60.2 Å². The van der Waals surface area contributed by atoms with Gasteiger partial charge in [0, 0.05) is 39.4 Å². The molecule has 7 nitrogen and oxygen atoms in total. The molecule has 1 aromatic heterocycles. The molecule has 0 unspecified atom stereocenters. The molecule has 1 atom stereocenters. The number of carbonyl (C=O) groups excluding carboxylic acids is 1. The van der Waals surface area contributed by atoms with Gasteiger partial charge in [-0.05, 0) is 61.5 Å². The first-order chi connectivity index (χ1) is 15.9. The molecule has 2 N–H and O–H groups in total. The van der Waals surface area contributed by atoms with Gasteiger partial charge in [-0.15, -0.1) is 0 Å². The molecule has 0 spiro atoms. The molecular formula is C25H34N4O3S. The second kappa shape index (κ2) is 8.83. The summed E-state index contributed by atoms with van der Waals surface area (Å²) in [6.45, 7) is 3.32. The summed E-state index contributed by atoms with van der Waals surface area (Å²) < 4.78 is 30.0. The number of nitrogens with one attached hydrogen (secondary N) is 2. The van der Waals surface area contributed by atoms with Gasteiger partial charge in [-0.1, -0.05) is 31.0 Å². The van der Waals surface area contributed by atoms with Crippen LogP contribution in [0.3, 0.4) is 0 Å². The minimum absolute atomic E-state index is 0. The Kier molecular flexibility index (Phi) is 5.88. The Hall–Kier alpha value is -2.84. The lowest BCUT2D eigenvalue weighted by molar-refractivity contribution is -0.124. The summed E-state index contributed by atoms with van der Waals surface area (Å²) in [5, 5.41) is 4.26. The highest BCUT2D eigenvalue weighted by molar-refractivity contribution is 7.89. The Bertz CT molecular complexity index is 1250. The summed E-state index contributed by atoms with van der Waals surface area (Å²) in [5.74, 6) is 0.000400. The quantitative estimate of drug-likeness (QED) is 0.548. The zero-order chi connectivity index (χ0) is 23.0. The van der Waals surface area contributed by atoms with Gasteiger partial charge in [-0.2, -0.15) is 0 Å². The Balaban J connectivity index is 0.00000171. The summed E-state index contributed by atoms with van der Waals surface area (Å²) >= 11 is 0. The third-order valence-electron chi connectivity index (χ3n) is 6.84. The Morgan fingerprint density at radius 3 is 2.42 bits per heavy atom. The van der Waals surface area contributed by atoms with Crippen LogP contribution in [0.5, 0.6) is 0 Å². The van der Waals surface area contributed by atoms with Crippen LogP contribution in [0.2, 0.25) is 0 Å². The number of benzene rings is 2. The molecule has 3 aromatic rings. The van der Waals surface area contributed by atoms with E-state index in [9.17, 15) is 13.2 Å². The van der Waals surface area contributed by atoms with E-state index in [4.69, 9.17) is 0 Å². The van der Waals surface area contributed by atoms with Gasteiger partial charge in [0.05, 0.1) is 10.9 Å². The fraction of sp³-hybridized carbons (Fsp3) is 0.400. The molecule has 0 radical (unpaired) electrons. The molecule has 2 aromatic carbocycles. The molecule has 0 bridgehead atoms. The van der Waals surface area contributed by atoms with Crippen LogP contribution < -0.4 is 14.9 Å². The number of hydrogen-bond donors (Lipinski definition) is 2. The monoisotopic (exact) mass is 470 g/mol. The largest absolute Gasteiger partial charge is 0.367 e. The van der Waals surface area contributed by atoms with Crippen LogP contribution >= 0.6 is 0 Å². The molecule has 2 heterocycles. The minimum atomic E-state index is -3.48. The number of hydrogen-bond acceptors (Lipinski definition) is 4. The van der Waals surface area contributed by atoms with Crippen molar-refractivity contribution in [2.45, 2.75) is 55.6 Å². The summed E-state index contributed by atoms with van der Waals surface area (Å²) in [6.07, 6.45) is 5.95. The number of para-hydroxylation sites is 1. The molecular weight excluding hydrogens is 436 g/mol. The highest BCUT2D eigenvalue weighted by Gasteiger charge is 2.30. The van der Waals surface area contributed by atoms with Gasteiger partial charge in [0.1, 0.15) is 6.04 Å². The topological polar surface area (TPSA) is 83.4 Å². The van der Waals surface area contributed by atoms with Crippen LogP contribution in [0.15, 0.2) is 65.7 Å². The fourth-order valence-electron chi connectivity index (χ4n) is 4.84. The number of nitrogens with zero attached hydrogens (tertiary/aromatic N) is 2. The highest BCUT2D eigenvalue weighted by atomic mass is 32.2. The second-order valence-electron chi connectivity index (χ2n) is 9.16. The average Bonchev–Trinajstić information content (AvgIpc) is 3.45. The van der Waals surface area contributed by atoms with Crippen molar-refractivity contribution in [3.05, 3.63) is 60.8 Å². The van der Waals surface area contributed by atoms with Gasteiger partial charge in [0.15, 0.2) is 0 Å². The Morgan fingerprint density at radius 2 is 1.70 bits per heavy atom. The van der Waals surface area contributed by atoms with Gasteiger partial charge >= 0.3 is 0 Å². The van der Waals surface area contributed by atoms with E-state index in [-0.39, 0.29) is 26.9 Å². The van der Waals surface area contributed by atoms with Gasteiger partial charge in [0.25, 0.3) is 0 Å². The third kappa shape index (κ3) is 4.50. The van der Waals surface area contributed by atoms with E-state index in [2.05, 4.69) is 14.9 Å². The number of anilines is 1. The van der Waals surface area contributed by atoms with Crippen molar-refractivity contribution in [1.29, 1.82) is 0 Å². The van der Waals surface area contributed by atoms with E-state index in [0.717, 1.165) is 42.3 Å². The van der Waals surface area contributed by atoms with Crippen LogP contribution in [0.1, 0.15) is 41.5 Å². The van der Waals surface area contributed by atoms with Crippen LogP contribution in [0, 0.1) is 0 Å². The van der Waals surface area contributed by atoms with E-state index < -0.39 is 10.0 Å². The normalized spacial score (nSPS) is 18.4. The second-order valence-corrected chi connectivity index (χ2v) is 10.9. The van der Waals surface area contributed by atoms with Crippen molar-refractivity contribution in [1.82, 2.24) is 14.6 Å². The van der Waals surface area contributed by atoms with Crippen molar-refractivity contribution < 1.29 is 16.1 Å². The fourth-order valence-corrected chi connectivity index (χ4v) is 6.14. The standard InChI is InChI=1S/C25H30N4O3S.2H2/c1-18(29-15-14-19-6-2-5-9-24(19)29)25(30)26-21-16-28(17-21)22-10-12-23(13-11-22)33(31,32)27-20-7-3-4-8-20;;/h2,5-6,9-15,18,20-21,27H,3-4,7-8,16-17H2,1H3,(H,26,30);2*1H/t18-;;/m0../s1. The van der Waals surface area contributed by atoms with E-state index in [1.165, 1.54) is 0 Å². The lowest BCUT2D eigenvalue weighted by atomic mass is 10.1. The molecule has 1 saturated carbocycles. The Morgan fingerprint density at radius 1 is 1.00 bits per heavy atom. The van der Waals surface area contributed by atoms with Crippen LogP contribution in [-0.4, -0.2) is 44.1 Å². The van der Waals surface area contributed by atoms with Crippen molar-refractivity contribution in [3.8, 4) is 0 Å². The zero-order valence-electron chi connectivity index (χ0n) is 18.8. The highest BCUT2D eigenvalue weighted by Crippen LogP contribution is 2.25. The maximum Gasteiger partial charge on any atom is 0.243 e. The van der Waals surface area contributed by atoms with E-state index in [0.29, 0.717) is 18.0 Å². The summed E-state index contributed by atoms with van der Waals surface area (Å²) in [6, 6.07) is 16.9. The van der Waals surface area contributed by atoms with E-state index >= 15 is 0 Å². The molecule has 2 aliphatic rings. The minimum Gasteiger partial charge on any atom is -0.367 e. The van der Waals surface area contributed by atoms with Crippen LogP contribution in [0.25, 0.3) is 10.9 Å². The molecule has 1 aliphatic heterocycles. The SMILES string of the molecule is C[C@@H](C(=O)NC1CN(c2ccc(S(=O)(=O)NC3CCCC3)cc2)C1)n1ccc2ccccc21.[HH].[HH]. The first-order valence-electron chi connectivity index (χ1n) is 11.6. The predicted molar refractivity (Wildman–Crippen MR) is 134 cm³/mol. The molecule has 2 fully saturated rings. The van der Waals surface area contributed by atoms with E-state index in [1.54, 1.807) is 12.1 Å². The van der Waals surface area contributed by atoms with Crippen molar-refractivity contribution >= 4 is 32.5 Å². The van der Waals surface area contributed by atoms with Gasteiger partial charge in [-0.3, -0.25) is 4.79 Å². The van der Waals surface area contributed by atoms with Crippen molar-refractivity contribution in [2.24, 2.45) is 0 Å². The van der Waals surface area contributed by atoms with Gasteiger partial charge in [-0.25, -0.2) is 13.1 Å². The molecule has 8 heteroatoms. The number of rotatable bonds is 7. The Labute approximate surface area is 197 Å². The predicted octanol–water partition coefficient (Wildman–Crippen LogP) is 3.92. The molecule has 1 saturated heterocycles. The summed E-state index contributed by atoms with van der Waals surface area (Å²) in [4.78, 5) is 15.2. The molecule has 178 valence electrons. The van der Waals surface area contributed by atoms with Crippen LogP contribution in [0.4, 0.5) is 5.69 Å². The average molecular weight is 471 g/mol. The number of aromatic nitrogens is 1. The number of amides is 1. The lowest BCUT2D eigenvalue weighted by Gasteiger charge is -2.41. The zero-order valence-corrected chi connectivity index (χ0v) is 19.6. The van der Waals surface area contributed by atoms with Gasteiger partial charge in [0.2, 0.25) is 15.9 Å². The third-order valence-corrected chi connectivity index (χ3v) is 8.38.